The molecule has 0 radical (unpaired) electrons. The largest absolute Gasteiger partial charge is 0.476 e. The van der Waals surface area contributed by atoms with E-state index in [2.05, 4.69) is 9.88 Å². The zero-order valence-corrected chi connectivity index (χ0v) is 13.8. The zero-order chi connectivity index (χ0) is 15.2. The highest BCUT2D eigenvalue weighted by Crippen LogP contribution is 2.24. The molecule has 5 heteroatoms. The zero-order valence-electron chi connectivity index (χ0n) is 13.0. The van der Waals surface area contributed by atoms with E-state index >= 15 is 0 Å². The maximum Gasteiger partial charge on any atom is 0.232 e. The highest BCUT2D eigenvalue weighted by Gasteiger charge is 2.24. The minimum atomic E-state index is 0.561. The van der Waals surface area contributed by atoms with Crippen molar-refractivity contribution in [3.8, 4) is 5.88 Å². The van der Waals surface area contributed by atoms with Gasteiger partial charge in [0.1, 0.15) is 5.02 Å². The maximum atomic E-state index is 6.09. The molecule has 1 aromatic heterocycles. The second kappa shape index (κ2) is 8.14. The molecule has 0 saturated carbocycles. The summed E-state index contributed by atoms with van der Waals surface area (Å²) in [6.45, 7) is 6.14. The summed E-state index contributed by atoms with van der Waals surface area (Å²) >= 11 is 6.09. The van der Waals surface area contributed by atoms with Gasteiger partial charge in [0.2, 0.25) is 5.88 Å². The molecule has 0 spiro atoms. The molecule has 1 unspecified atom stereocenters. The van der Waals surface area contributed by atoms with Gasteiger partial charge in [0, 0.05) is 38.4 Å². The highest BCUT2D eigenvalue weighted by molar-refractivity contribution is 6.31. The van der Waals surface area contributed by atoms with Crippen LogP contribution in [-0.2, 0) is 4.74 Å². The number of likely N-dealkylation sites (tertiary alicyclic amines) is 1. The number of halogens is 1. The predicted molar refractivity (Wildman–Crippen MR) is 87.4 cm³/mol. The van der Waals surface area contributed by atoms with Gasteiger partial charge in [-0.3, -0.25) is 0 Å². The second-order valence-electron chi connectivity index (χ2n) is 6.42. The number of ether oxygens (including phenoxy) is 2. The van der Waals surface area contributed by atoms with Gasteiger partial charge in [-0.05, 0) is 50.3 Å². The summed E-state index contributed by atoms with van der Waals surface area (Å²) in [7, 11) is 0. The third-order valence-electron chi connectivity index (χ3n) is 4.64. The van der Waals surface area contributed by atoms with Gasteiger partial charge in [-0.15, -0.1) is 0 Å². The summed E-state index contributed by atoms with van der Waals surface area (Å²) in [6.07, 6.45) is 6.63. The first-order valence-corrected chi connectivity index (χ1v) is 8.72. The van der Waals surface area contributed by atoms with Crippen molar-refractivity contribution >= 4 is 11.6 Å². The molecule has 0 aromatic carbocycles. The Morgan fingerprint density at radius 1 is 1.27 bits per heavy atom. The van der Waals surface area contributed by atoms with Crippen LogP contribution in [-0.4, -0.2) is 49.3 Å². The summed E-state index contributed by atoms with van der Waals surface area (Å²) in [4.78, 5) is 6.80. The Bertz CT molecular complexity index is 466. The molecular weight excluding hydrogens is 300 g/mol. The van der Waals surface area contributed by atoms with Crippen LogP contribution in [0.2, 0.25) is 5.02 Å². The Morgan fingerprint density at radius 3 is 2.95 bits per heavy atom. The van der Waals surface area contributed by atoms with Gasteiger partial charge in [-0.1, -0.05) is 11.6 Å². The standard InChI is InChI=1S/C17H25ClN2O2/c18-16-4-1-7-19-17(16)22-13-15-3-2-8-20(12-15)11-14-5-9-21-10-6-14/h1,4,7,14-15H,2-3,5-6,8-13H2. The van der Waals surface area contributed by atoms with Crippen molar-refractivity contribution in [3.05, 3.63) is 23.4 Å². The summed E-state index contributed by atoms with van der Waals surface area (Å²) < 4.78 is 11.3. The monoisotopic (exact) mass is 324 g/mol. The molecule has 0 N–H and O–H groups in total. The van der Waals surface area contributed by atoms with E-state index in [0.717, 1.165) is 25.7 Å². The van der Waals surface area contributed by atoms with E-state index in [9.17, 15) is 0 Å². The normalized spacial score (nSPS) is 24.3. The smallest absolute Gasteiger partial charge is 0.232 e. The molecule has 2 aliphatic heterocycles. The molecule has 3 heterocycles. The van der Waals surface area contributed by atoms with Crippen LogP contribution in [0, 0.1) is 11.8 Å². The highest BCUT2D eigenvalue weighted by atomic mass is 35.5. The predicted octanol–water partition coefficient (Wildman–Crippen LogP) is 3.25. The average molecular weight is 325 g/mol. The van der Waals surface area contributed by atoms with E-state index in [-0.39, 0.29) is 0 Å². The van der Waals surface area contributed by atoms with Gasteiger partial charge >= 0.3 is 0 Å². The Balaban J connectivity index is 1.45. The summed E-state index contributed by atoms with van der Waals surface area (Å²) in [6, 6.07) is 3.65. The Labute approximate surface area is 137 Å². The summed E-state index contributed by atoms with van der Waals surface area (Å²) in [5, 5.41) is 0.595. The van der Waals surface area contributed by atoms with Crippen LogP contribution in [0.1, 0.15) is 25.7 Å². The van der Waals surface area contributed by atoms with Gasteiger partial charge in [0.05, 0.1) is 6.61 Å². The van der Waals surface area contributed by atoms with E-state index in [0.29, 0.717) is 23.4 Å². The van der Waals surface area contributed by atoms with Crippen LogP contribution in [0.15, 0.2) is 18.3 Å². The first-order valence-electron chi connectivity index (χ1n) is 8.34. The van der Waals surface area contributed by atoms with E-state index < -0.39 is 0 Å². The number of aromatic nitrogens is 1. The van der Waals surface area contributed by atoms with E-state index in [4.69, 9.17) is 21.1 Å². The van der Waals surface area contributed by atoms with Crippen LogP contribution in [0.3, 0.4) is 0 Å². The molecule has 2 saturated heterocycles. The molecule has 0 amide bonds. The van der Waals surface area contributed by atoms with Gasteiger partial charge in [0.15, 0.2) is 0 Å². The molecule has 3 rings (SSSR count). The Morgan fingerprint density at radius 2 is 2.14 bits per heavy atom. The van der Waals surface area contributed by atoms with Crippen LogP contribution in [0.4, 0.5) is 0 Å². The van der Waals surface area contributed by atoms with E-state index in [1.807, 2.05) is 12.1 Å². The molecule has 122 valence electrons. The third-order valence-corrected chi connectivity index (χ3v) is 4.93. The number of rotatable bonds is 5. The molecule has 2 aliphatic rings. The third kappa shape index (κ3) is 4.58. The minimum Gasteiger partial charge on any atom is -0.476 e. The lowest BCUT2D eigenvalue weighted by Gasteiger charge is -2.35. The fourth-order valence-corrected chi connectivity index (χ4v) is 3.60. The molecule has 4 nitrogen and oxygen atoms in total. The summed E-state index contributed by atoms with van der Waals surface area (Å²) in [5.41, 5.74) is 0. The lowest BCUT2D eigenvalue weighted by atomic mass is 9.95. The van der Waals surface area contributed by atoms with Crippen LogP contribution in [0.25, 0.3) is 0 Å². The van der Waals surface area contributed by atoms with Gasteiger partial charge in [0.25, 0.3) is 0 Å². The van der Waals surface area contributed by atoms with Crippen molar-refractivity contribution in [2.75, 3.05) is 39.5 Å². The first kappa shape index (κ1) is 16.0. The lowest BCUT2D eigenvalue weighted by Crippen LogP contribution is -2.41. The van der Waals surface area contributed by atoms with E-state index in [1.54, 1.807) is 6.20 Å². The van der Waals surface area contributed by atoms with Gasteiger partial charge < -0.3 is 14.4 Å². The molecule has 0 aliphatic carbocycles. The molecule has 0 bridgehead atoms. The number of nitrogens with zero attached hydrogens (tertiary/aromatic N) is 2. The van der Waals surface area contributed by atoms with Crippen LogP contribution in [0.5, 0.6) is 5.88 Å². The molecule has 22 heavy (non-hydrogen) atoms. The maximum absolute atomic E-state index is 6.09. The first-order chi connectivity index (χ1) is 10.8. The lowest BCUT2D eigenvalue weighted by molar-refractivity contribution is 0.0416. The number of pyridine rings is 1. The quantitative estimate of drug-likeness (QED) is 0.832. The van der Waals surface area contributed by atoms with Gasteiger partial charge in [-0.2, -0.15) is 0 Å². The molecule has 1 atom stereocenters. The Hall–Kier alpha value is -0.840. The Kier molecular flexibility index (Phi) is 5.93. The van der Waals surface area contributed by atoms with Crippen molar-refractivity contribution in [3.63, 3.8) is 0 Å². The SMILES string of the molecule is Clc1cccnc1OCC1CCCN(CC2CCOCC2)C1. The summed E-state index contributed by atoms with van der Waals surface area (Å²) in [5.74, 6) is 1.94. The average Bonchev–Trinajstić information content (AvgIpc) is 2.55. The van der Waals surface area contributed by atoms with Crippen molar-refractivity contribution in [2.45, 2.75) is 25.7 Å². The molecule has 1 aromatic rings. The molecular formula is C17H25ClN2O2. The minimum absolute atomic E-state index is 0.561. The van der Waals surface area contributed by atoms with E-state index in [1.165, 1.54) is 38.8 Å². The van der Waals surface area contributed by atoms with Gasteiger partial charge in [-0.25, -0.2) is 4.98 Å². The van der Waals surface area contributed by atoms with Crippen molar-refractivity contribution in [1.29, 1.82) is 0 Å². The second-order valence-corrected chi connectivity index (χ2v) is 6.83. The fraction of sp³-hybridized carbons (Fsp3) is 0.706. The topological polar surface area (TPSA) is 34.6 Å². The molecule has 2 fully saturated rings. The number of hydrogen-bond acceptors (Lipinski definition) is 4. The fourth-order valence-electron chi connectivity index (χ4n) is 3.42. The van der Waals surface area contributed by atoms with Crippen LogP contribution < -0.4 is 4.74 Å². The van der Waals surface area contributed by atoms with Crippen molar-refractivity contribution in [1.82, 2.24) is 9.88 Å². The number of hydrogen-bond donors (Lipinski definition) is 0. The van der Waals surface area contributed by atoms with Crippen molar-refractivity contribution < 1.29 is 9.47 Å². The number of piperidine rings is 1. The van der Waals surface area contributed by atoms with Crippen LogP contribution >= 0.6 is 11.6 Å². The van der Waals surface area contributed by atoms with Crippen molar-refractivity contribution in [2.24, 2.45) is 11.8 Å².